The number of rotatable bonds is 7. The normalized spacial score (nSPS) is 44.9. The summed E-state index contributed by atoms with van der Waals surface area (Å²) in [6.45, 7) is 14.5. The third-order valence-electron chi connectivity index (χ3n) is 10.4. The van der Waals surface area contributed by atoms with Gasteiger partial charge in [-0.25, -0.2) is 0 Å². The van der Waals surface area contributed by atoms with Crippen molar-refractivity contribution in [3.63, 3.8) is 0 Å². The molecule has 0 aliphatic carbocycles. The van der Waals surface area contributed by atoms with Crippen LogP contribution in [0.1, 0.15) is 81.1 Å². The highest BCUT2D eigenvalue weighted by atomic mass is 16.7. The second-order valence-electron chi connectivity index (χ2n) is 14.8. The summed E-state index contributed by atoms with van der Waals surface area (Å²) in [6, 6.07) is -0.827. The average molecular weight is 673 g/mol. The maximum atomic E-state index is 14.2. The second kappa shape index (κ2) is 16.3. The van der Waals surface area contributed by atoms with Crippen molar-refractivity contribution >= 4 is 17.7 Å². The van der Waals surface area contributed by atoms with Gasteiger partial charge in [-0.15, -0.1) is 0 Å². The van der Waals surface area contributed by atoms with Crippen molar-refractivity contribution < 1.29 is 53.4 Å². The molecule has 0 saturated carbocycles. The minimum absolute atomic E-state index is 0.104. The molecule has 0 spiro atoms. The van der Waals surface area contributed by atoms with Gasteiger partial charge in [0.1, 0.15) is 23.7 Å². The summed E-state index contributed by atoms with van der Waals surface area (Å²) >= 11 is 0. The maximum absolute atomic E-state index is 14.2. The molecule has 3 fully saturated rings. The predicted octanol–water partition coefficient (Wildman–Crippen LogP) is 1.43. The van der Waals surface area contributed by atoms with E-state index in [1.165, 1.54) is 20.8 Å². The zero-order valence-corrected chi connectivity index (χ0v) is 29.9. The Morgan fingerprint density at radius 2 is 1.70 bits per heavy atom. The quantitative estimate of drug-likeness (QED) is 0.227. The van der Waals surface area contributed by atoms with Crippen LogP contribution >= 0.6 is 0 Å². The lowest BCUT2D eigenvalue weighted by Crippen LogP contribution is -2.60. The monoisotopic (exact) mass is 672 g/mol. The van der Waals surface area contributed by atoms with Gasteiger partial charge in [0, 0.05) is 30.5 Å². The molecule has 14 atom stereocenters. The summed E-state index contributed by atoms with van der Waals surface area (Å²) in [6.07, 6.45) is -4.59. The van der Waals surface area contributed by atoms with Gasteiger partial charge in [0.05, 0.1) is 43.0 Å². The topological polar surface area (TPSA) is 173 Å². The first-order chi connectivity index (χ1) is 21.8. The molecule has 0 aromatic rings. The van der Waals surface area contributed by atoms with E-state index in [9.17, 15) is 29.7 Å². The summed E-state index contributed by atoms with van der Waals surface area (Å²) in [5.41, 5.74) is -3.23. The molecule has 13 heteroatoms. The van der Waals surface area contributed by atoms with Gasteiger partial charge in [0.15, 0.2) is 12.1 Å². The Morgan fingerprint density at radius 1 is 1.04 bits per heavy atom. The van der Waals surface area contributed by atoms with Crippen molar-refractivity contribution in [3.05, 3.63) is 0 Å². The fourth-order valence-electron chi connectivity index (χ4n) is 7.26. The third kappa shape index (κ3) is 9.30. The molecule has 13 nitrogen and oxygen atoms in total. The number of Topliss-reactive ketones (excluding diaryl/α,β-unsaturated/α-hetero) is 1. The van der Waals surface area contributed by atoms with E-state index in [0.29, 0.717) is 19.6 Å². The van der Waals surface area contributed by atoms with Crippen LogP contribution in [0.2, 0.25) is 0 Å². The van der Waals surface area contributed by atoms with Crippen LogP contribution in [0.4, 0.5) is 0 Å². The zero-order chi connectivity index (χ0) is 35.4. The number of aliphatic hydroxyl groups is 3. The van der Waals surface area contributed by atoms with Crippen LogP contribution in [0, 0.1) is 23.7 Å². The molecule has 3 aliphatic rings. The highest BCUT2D eigenvalue weighted by Crippen LogP contribution is 2.37. The minimum Gasteiger partial charge on any atom is -0.459 e. The van der Waals surface area contributed by atoms with Crippen LogP contribution < -0.4 is 5.32 Å². The molecule has 47 heavy (non-hydrogen) atoms. The Bertz CT molecular complexity index is 1070. The minimum atomic E-state index is -1.99. The van der Waals surface area contributed by atoms with Gasteiger partial charge >= 0.3 is 5.97 Å². The highest BCUT2D eigenvalue weighted by molar-refractivity contribution is 6.00. The van der Waals surface area contributed by atoms with E-state index in [1.807, 2.05) is 25.9 Å². The zero-order valence-electron chi connectivity index (χ0n) is 29.9. The fraction of sp³-hybridized carbons (Fsp3) is 0.912. The van der Waals surface area contributed by atoms with E-state index >= 15 is 0 Å². The molecule has 0 radical (unpaired) electrons. The highest BCUT2D eigenvalue weighted by Gasteiger charge is 2.51. The van der Waals surface area contributed by atoms with Crippen LogP contribution in [-0.4, -0.2) is 132 Å². The van der Waals surface area contributed by atoms with Crippen molar-refractivity contribution in [2.75, 3.05) is 33.9 Å². The first-order valence-corrected chi connectivity index (χ1v) is 17.2. The number of ether oxygens (including phenoxy) is 5. The molecule has 14 unspecified atom stereocenters. The number of hydrogen-bond acceptors (Lipinski definition) is 12. The molecule has 3 saturated heterocycles. The van der Waals surface area contributed by atoms with Gasteiger partial charge in [-0.1, -0.05) is 20.8 Å². The van der Waals surface area contributed by atoms with E-state index in [-0.39, 0.29) is 37.5 Å². The molecule has 3 heterocycles. The number of likely N-dealkylation sites (N-methyl/N-ethyl adjacent to an activating group) is 1. The van der Waals surface area contributed by atoms with Gasteiger partial charge in [-0.05, 0) is 74.4 Å². The number of esters is 1. The number of hydrogen-bond donors (Lipinski definition) is 4. The molecule has 272 valence electrons. The van der Waals surface area contributed by atoms with Crippen LogP contribution in [0.3, 0.4) is 0 Å². The molecule has 0 bridgehead atoms. The number of nitrogens with zero attached hydrogens (tertiary/aromatic N) is 1. The SMILES string of the molecule is CCC1OC(=O)C(C)C(=O)C(C)C(OC2OC(C)CC(N(C)C)C2O)C(C)(OCC2CCOC2)CC(C)NC(=O)C(C)C(O)C1(C)O. The van der Waals surface area contributed by atoms with E-state index in [0.717, 1.165) is 6.42 Å². The van der Waals surface area contributed by atoms with E-state index in [4.69, 9.17) is 23.7 Å². The van der Waals surface area contributed by atoms with Crippen molar-refractivity contribution in [2.45, 2.75) is 141 Å². The Kier molecular flexibility index (Phi) is 13.8. The number of nitrogens with one attached hydrogen (secondary N) is 1. The van der Waals surface area contributed by atoms with Crippen molar-refractivity contribution in [1.29, 1.82) is 0 Å². The lowest BCUT2D eigenvalue weighted by molar-refractivity contribution is -0.298. The third-order valence-corrected chi connectivity index (χ3v) is 10.4. The Hall–Kier alpha value is -1.71. The fourth-order valence-corrected chi connectivity index (χ4v) is 7.26. The van der Waals surface area contributed by atoms with Crippen LogP contribution in [0.15, 0.2) is 0 Å². The first-order valence-electron chi connectivity index (χ1n) is 17.2. The summed E-state index contributed by atoms with van der Waals surface area (Å²) in [5, 5.41) is 36.8. The second-order valence-corrected chi connectivity index (χ2v) is 14.8. The molecule has 1 amide bonds. The summed E-state index contributed by atoms with van der Waals surface area (Å²) < 4.78 is 30.7. The molecular formula is C34H60N2O11. The Balaban J connectivity index is 2.11. The van der Waals surface area contributed by atoms with Crippen molar-refractivity contribution in [1.82, 2.24) is 10.2 Å². The molecule has 0 aromatic heterocycles. The van der Waals surface area contributed by atoms with Crippen LogP contribution in [0.5, 0.6) is 0 Å². The number of carbonyl (C=O) groups is 3. The molecule has 3 aliphatic heterocycles. The average Bonchev–Trinajstić information content (AvgIpc) is 3.53. The number of amides is 1. The number of ketones is 1. The lowest BCUT2D eigenvalue weighted by atomic mass is 9.79. The van der Waals surface area contributed by atoms with Crippen molar-refractivity contribution in [2.24, 2.45) is 23.7 Å². The smallest absolute Gasteiger partial charge is 0.316 e. The predicted molar refractivity (Wildman–Crippen MR) is 172 cm³/mol. The standard InChI is InChI=1S/C34H60N2O11/c1-11-25-34(8,42)28(39)22(6)30(40)35-18(2)15-33(7,44-17-23-12-13-43-16-23)29(20(4)26(37)21(5)31(41)46-25)47-32-27(38)24(36(9)10)14-19(3)45-32/h18-25,27-29,32,38-39,42H,11-17H2,1-10H3,(H,35,40). The number of carbonyl (C=O) groups excluding carboxylic acids is 3. The number of aliphatic hydroxyl groups excluding tert-OH is 2. The van der Waals surface area contributed by atoms with E-state index in [2.05, 4.69) is 5.32 Å². The Labute approximate surface area is 280 Å². The van der Waals surface area contributed by atoms with Gasteiger partial charge < -0.3 is 49.2 Å². The van der Waals surface area contributed by atoms with Gasteiger partial charge in [-0.2, -0.15) is 0 Å². The summed E-state index contributed by atoms with van der Waals surface area (Å²) in [7, 11) is 3.74. The number of cyclic esters (lactones) is 1. The molecule has 3 rings (SSSR count). The van der Waals surface area contributed by atoms with Crippen LogP contribution in [0.25, 0.3) is 0 Å². The Morgan fingerprint density at radius 3 is 2.28 bits per heavy atom. The van der Waals surface area contributed by atoms with Crippen molar-refractivity contribution in [3.8, 4) is 0 Å². The van der Waals surface area contributed by atoms with Gasteiger partial charge in [-0.3, -0.25) is 14.4 Å². The van der Waals surface area contributed by atoms with Gasteiger partial charge in [0.25, 0.3) is 0 Å². The molecule has 0 aromatic carbocycles. The van der Waals surface area contributed by atoms with E-state index < -0.39 is 83.4 Å². The summed E-state index contributed by atoms with van der Waals surface area (Å²) in [5.74, 6) is -5.09. The lowest BCUT2D eigenvalue weighted by Gasteiger charge is -2.47. The van der Waals surface area contributed by atoms with E-state index in [1.54, 1.807) is 27.7 Å². The van der Waals surface area contributed by atoms with Gasteiger partial charge in [0.2, 0.25) is 5.91 Å². The molecule has 4 N–H and O–H groups in total. The largest absolute Gasteiger partial charge is 0.459 e. The van der Waals surface area contributed by atoms with Crippen LogP contribution in [-0.2, 0) is 38.1 Å². The first kappa shape index (κ1) is 39.7. The summed E-state index contributed by atoms with van der Waals surface area (Å²) in [4.78, 5) is 43.0. The molecular weight excluding hydrogens is 612 g/mol. The maximum Gasteiger partial charge on any atom is 0.316 e.